The summed E-state index contributed by atoms with van der Waals surface area (Å²) in [6.07, 6.45) is 3.53. The van der Waals surface area contributed by atoms with E-state index in [1.165, 1.54) is 23.5 Å². The third kappa shape index (κ3) is 5.94. The molecule has 11 heteroatoms. The fraction of sp³-hybridized carbons (Fsp3) is 0. The molecule has 0 aliphatic carbocycles. The first-order valence-corrected chi connectivity index (χ1v) is 15.1. The van der Waals surface area contributed by atoms with Gasteiger partial charge in [-0.1, -0.05) is 62.2 Å². The molecule has 8 nitrogen and oxygen atoms in total. The summed E-state index contributed by atoms with van der Waals surface area (Å²) in [6, 6.07) is 32.3. The average Bonchev–Trinajstić information content (AvgIpc) is 3.63. The second-order valence-corrected chi connectivity index (χ2v) is 11.8. The maximum Gasteiger partial charge on any atom is 0.269 e. The van der Waals surface area contributed by atoms with Crippen LogP contribution < -0.4 is 4.80 Å². The van der Waals surface area contributed by atoms with E-state index in [1.54, 1.807) is 23.0 Å². The maximum atomic E-state index is 11.2. The van der Waals surface area contributed by atoms with E-state index in [1.807, 2.05) is 72.9 Å². The lowest BCUT2D eigenvalue weighted by molar-refractivity contribution is -0.384. The van der Waals surface area contributed by atoms with E-state index in [4.69, 9.17) is 5.10 Å². The molecule has 0 radical (unpaired) electrons. The van der Waals surface area contributed by atoms with Crippen molar-refractivity contribution in [3.63, 3.8) is 0 Å². The number of nitrogens with zero attached hydrogens (tertiary/aromatic N) is 6. The minimum Gasteiger partial charge on any atom is -0.284 e. The molecule has 0 aliphatic rings. The van der Waals surface area contributed by atoms with Crippen molar-refractivity contribution in [2.75, 3.05) is 0 Å². The van der Waals surface area contributed by atoms with E-state index in [9.17, 15) is 10.1 Å². The first-order chi connectivity index (χ1) is 20.5. The van der Waals surface area contributed by atoms with E-state index in [0.717, 1.165) is 37.1 Å². The number of halogens is 2. The topological polar surface area (TPSA) is 90.6 Å². The van der Waals surface area contributed by atoms with Crippen molar-refractivity contribution in [3.05, 3.63) is 144 Å². The first-order valence-electron chi connectivity index (χ1n) is 12.7. The summed E-state index contributed by atoms with van der Waals surface area (Å²) < 4.78 is 5.80. The van der Waals surface area contributed by atoms with Crippen molar-refractivity contribution in [3.8, 4) is 33.9 Å². The average molecular weight is 700 g/mol. The van der Waals surface area contributed by atoms with Crippen molar-refractivity contribution in [2.24, 2.45) is 10.2 Å². The summed E-state index contributed by atoms with van der Waals surface area (Å²) in [7, 11) is 0. The number of non-ortho nitro benzene ring substituents is 1. The molecule has 6 rings (SSSR count). The van der Waals surface area contributed by atoms with Gasteiger partial charge in [-0.15, -0.1) is 16.4 Å². The van der Waals surface area contributed by atoms with Crippen LogP contribution in [0.2, 0.25) is 0 Å². The molecule has 0 spiro atoms. The predicted octanol–water partition coefficient (Wildman–Crippen LogP) is 8.43. The van der Waals surface area contributed by atoms with Crippen molar-refractivity contribution in [1.82, 2.24) is 14.3 Å². The molecule has 0 N–H and O–H groups in total. The van der Waals surface area contributed by atoms with Gasteiger partial charge in [0.1, 0.15) is 5.69 Å². The molecule has 2 heterocycles. The number of nitro benzene ring substituents is 1. The van der Waals surface area contributed by atoms with Crippen LogP contribution in [0.5, 0.6) is 0 Å². The van der Waals surface area contributed by atoms with Gasteiger partial charge in [0, 0.05) is 49.5 Å². The van der Waals surface area contributed by atoms with Gasteiger partial charge in [-0.25, -0.2) is 4.68 Å². The fourth-order valence-electron chi connectivity index (χ4n) is 4.34. The van der Waals surface area contributed by atoms with E-state index < -0.39 is 4.92 Å². The predicted molar refractivity (Wildman–Crippen MR) is 173 cm³/mol. The zero-order valence-corrected chi connectivity index (χ0v) is 25.7. The van der Waals surface area contributed by atoms with Crippen LogP contribution >= 0.6 is 43.2 Å². The monoisotopic (exact) mass is 698 g/mol. The quantitative estimate of drug-likeness (QED) is 0.0952. The molecule has 0 fully saturated rings. The molecule has 0 unspecified atom stereocenters. The molecular weight excluding hydrogens is 680 g/mol. The SMILES string of the molecule is O=[N+]([O-])c1ccc(-c2nn(-c3ccc(Br)cc3)cc2/C=N/N=c2/scc(-c3ccc(Br)cc3)n2-c2ccccc2)cc1. The molecule has 0 amide bonds. The van der Waals surface area contributed by atoms with Crippen LogP contribution in [0.1, 0.15) is 5.56 Å². The van der Waals surface area contributed by atoms with E-state index in [-0.39, 0.29) is 5.69 Å². The summed E-state index contributed by atoms with van der Waals surface area (Å²) >= 11 is 8.48. The van der Waals surface area contributed by atoms with E-state index in [0.29, 0.717) is 16.1 Å². The van der Waals surface area contributed by atoms with Crippen LogP contribution in [0.15, 0.2) is 134 Å². The summed E-state index contributed by atoms with van der Waals surface area (Å²) in [5, 5.41) is 27.1. The van der Waals surface area contributed by atoms with Gasteiger partial charge in [0.05, 0.1) is 22.5 Å². The van der Waals surface area contributed by atoms with Crippen LogP contribution in [-0.4, -0.2) is 25.5 Å². The molecule has 0 atom stereocenters. The lowest BCUT2D eigenvalue weighted by Gasteiger charge is -2.09. The molecule has 0 aliphatic heterocycles. The molecule has 0 bridgehead atoms. The van der Waals surface area contributed by atoms with Gasteiger partial charge >= 0.3 is 0 Å². The number of para-hydroxylation sites is 1. The molecular formula is C31H20Br2N6O2S. The van der Waals surface area contributed by atoms with Crippen molar-refractivity contribution >= 4 is 55.1 Å². The fourth-order valence-corrected chi connectivity index (χ4v) is 5.73. The number of thiazole rings is 1. The third-order valence-corrected chi connectivity index (χ3v) is 8.26. The Balaban J connectivity index is 1.43. The molecule has 6 aromatic rings. The van der Waals surface area contributed by atoms with Gasteiger partial charge in [0.15, 0.2) is 0 Å². The smallest absolute Gasteiger partial charge is 0.269 e. The number of benzene rings is 4. The Morgan fingerprint density at radius 2 is 1.45 bits per heavy atom. The van der Waals surface area contributed by atoms with Gasteiger partial charge < -0.3 is 0 Å². The van der Waals surface area contributed by atoms with Crippen LogP contribution in [0.4, 0.5) is 5.69 Å². The van der Waals surface area contributed by atoms with Gasteiger partial charge in [0.25, 0.3) is 5.69 Å². The normalized spacial score (nSPS) is 11.8. The minimum absolute atomic E-state index is 0.0149. The second-order valence-electron chi connectivity index (χ2n) is 9.08. The van der Waals surface area contributed by atoms with Crippen LogP contribution in [0.3, 0.4) is 0 Å². The maximum absolute atomic E-state index is 11.2. The molecule has 0 saturated carbocycles. The minimum atomic E-state index is -0.420. The van der Waals surface area contributed by atoms with Crippen molar-refractivity contribution < 1.29 is 4.92 Å². The van der Waals surface area contributed by atoms with Gasteiger partial charge in [0.2, 0.25) is 4.80 Å². The molecule has 42 heavy (non-hydrogen) atoms. The Bertz CT molecular complexity index is 1960. The number of rotatable bonds is 7. The summed E-state index contributed by atoms with van der Waals surface area (Å²) in [5.41, 5.74) is 5.97. The van der Waals surface area contributed by atoms with E-state index >= 15 is 0 Å². The second kappa shape index (κ2) is 12.2. The van der Waals surface area contributed by atoms with Gasteiger partial charge in [-0.2, -0.15) is 10.2 Å². The standard InChI is InChI=1S/C31H20Br2N6O2S/c32-24-10-6-21(7-11-24)29-20-42-31(38(29)27-4-2-1-3-5-27)35-34-18-23-19-37(26-16-12-25(33)13-17-26)36-30(23)22-8-14-28(15-9-22)39(40)41/h1-20H/b34-18+,35-31+. The van der Waals surface area contributed by atoms with Crippen LogP contribution in [0, 0.1) is 10.1 Å². The summed E-state index contributed by atoms with van der Waals surface area (Å²) in [5.74, 6) is 0. The first kappa shape index (κ1) is 27.7. The Hall–Kier alpha value is -4.45. The van der Waals surface area contributed by atoms with E-state index in [2.05, 4.69) is 64.1 Å². The van der Waals surface area contributed by atoms with Crippen LogP contribution in [0.25, 0.3) is 33.9 Å². The Morgan fingerprint density at radius 3 is 2.12 bits per heavy atom. The Kier molecular flexibility index (Phi) is 8.04. The lowest BCUT2D eigenvalue weighted by atomic mass is 10.1. The highest BCUT2D eigenvalue weighted by atomic mass is 79.9. The van der Waals surface area contributed by atoms with Crippen LogP contribution in [-0.2, 0) is 0 Å². The molecule has 2 aromatic heterocycles. The van der Waals surface area contributed by atoms with Gasteiger partial charge in [-0.3, -0.25) is 14.7 Å². The summed E-state index contributed by atoms with van der Waals surface area (Å²) in [6.45, 7) is 0. The highest BCUT2D eigenvalue weighted by Crippen LogP contribution is 2.27. The number of aromatic nitrogens is 3. The number of nitro groups is 1. The van der Waals surface area contributed by atoms with Crippen molar-refractivity contribution in [2.45, 2.75) is 0 Å². The van der Waals surface area contributed by atoms with Crippen molar-refractivity contribution in [1.29, 1.82) is 0 Å². The Labute approximate surface area is 261 Å². The lowest BCUT2D eigenvalue weighted by Crippen LogP contribution is -2.13. The number of hydrogen-bond acceptors (Lipinski definition) is 6. The highest BCUT2D eigenvalue weighted by Gasteiger charge is 2.14. The Morgan fingerprint density at radius 1 is 0.810 bits per heavy atom. The highest BCUT2D eigenvalue weighted by molar-refractivity contribution is 9.10. The third-order valence-electron chi connectivity index (χ3n) is 6.39. The largest absolute Gasteiger partial charge is 0.284 e. The molecule has 4 aromatic carbocycles. The molecule has 206 valence electrons. The number of hydrogen-bond donors (Lipinski definition) is 0. The van der Waals surface area contributed by atoms with Gasteiger partial charge in [-0.05, 0) is 66.2 Å². The molecule has 0 saturated heterocycles. The zero-order valence-electron chi connectivity index (χ0n) is 21.7. The summed E-state index contributed by atoms with van der Waals surface area (Å²) in [4.78, 5) is 11.5. The zero-order chi connectivity index (χ0) is 29.1.